The van der Waals surface area contributed by atoms with Crippen LogP contribution in [0.5, 0.6) is 0 Å². The van der Waals surface area contributed by atoms with Gasteiger partial charge in [0.25, 0.3) is 0 Å². The third kappa shape index (κ3) is 8.49. The van der Waals surface area contributed by atoms with Crippen molar-refractivity contribution in [3.05, 3.63) is 31.5 Å². The van der Waals surface area contributed by atoms with Gasteiger partial charge in [-0.25, -0.2) is 28.1 Å². The van der Waals surface area contributed by atoms with E-state index in [9.17, 15) is 28.8 Å². The van der Waals surface area contributed by atoms with Crippen molar-refractivity contribution in [2.45, 2.75) is 81.9 Å². The van der Waals surface area contributed by atoms with Crippen LogP contribution in [-0.2, 0) is 34.0 Å². The van der Waals surface area contributed by atoms with E-state index in [4.69, 9.17) is 0 Å². The van der Waals surface area contributed by atoms with Gasteiger partial charge in [-0.05, 0) is 0 Å². The molecule has 12 nitrogen and oxygen atoms in total. The molecule has 1 heterocycles. The van der Waals surface area contributed by atoms with Gasteiger partial charge in [-0.15, -0.1) is 0 Å². The van der Waals surface area contributed by atoms with Gasteiger partial charge in [-0.3, -0.25) is 14.4 Å². The molecule has 204 valence electrons. The summed E-state index contributed by atoms with van der Waals surface area (Å²) in [6, 6.07) is 0. The van der Waals surface area contributed by atoms with Crippen molar-refractivity contribution >= 4 is 17.7 Å². The molecule has 0 aliphatic carbocycles. The van der Waals surface area contributed by atoms with Crippen LogP contribution in [0.25, 0.3) is 0 Å². The summed E-state index contributed by atoms with van der Waals surface area (Å²) < 4.78 is 2.63. The Labute approximate surface area is 211 Å². The maximum Gasteiger partial charge on any atom is 0.336 e. The summed E-state index contributed by atoms with van der Waals surface area (Å²) in [5.41, 5.74) is -4.47. The largest absolute Gasteiger partial charge is 0.354 e. The van der Waals surface area contributed by atoms with Gasteiger partial charge in [-0.2, -0.15) is 0 Å². The van der Waals surface area contributed by atoms with E-state index in [1.807, 2.05) is 0 Å². The van der Waals surface area contributed by atoms with Crippen molar-refractivity contribution in [2.24, 2.45) is 16.2 Å². The summed E-state index contributed by atoms with van der Waals surface area (Å²) in [6.45, 7) is 15.2. The van der Waals surface area contributed by atoms with Crippen LogP contribution in [0.1, 0.15) is 62.3 Å². The third-order valence-corrected chi connectivity index (χ3v) is 5.29. The van der Waals surface area contributed by atoms with Crippen LogP contribution < -0.4 is 33.0 Å². The highest BCUT2D eigenvalue weighted by molar-refractivity contribution is 5.82. The van der Waals surface area contributed by atoms with Crippen LogP contribution in [0, 0.1) is 16.2 Å². The van der Waals surface area contributed by atoms with Crippen LogP contribution in [0.2, 0.25) is 0 Å². The highest BCUT2D eigenvalue weighted by atomic mass is 16.2. The molecule has 0 saturated heterocycles. The Morgan fingerprint density at radius 3 is 0.861 bits per heavy atom. The summed E-state index contributed by atoms with van der Waals surface area (Å²) in [5, 5.41) is 8.04. The summed E-state index contributed by atoms with van der Waals surface area (Å²) in [5.74, 6) is -0.753. The molecule has 12 heteroatoms. The molecule has 0 spiro atoms. The zero-order valence-corrected chi connectivity index (χ0v) is 23.0. The first-order chi connectivity index (χ1) is 16.3. The Morgan fingerprint density at radius 2 is 0.694 bits per heavy atom. The quantitative estimate of drug-likeness (QED) is 0.413. The standard InChI is InChI=1S/C24H42N6O6/c1-22(2,3)16(31)25-10-13-28-19(34)29(14-11-26-17(32)23(4,5)6)21(36)30(20(28)35)15-12-27-18(33)24(7,8)9/h10-15H2,1-9H3,(H,25,31)(H,26,32)(H,27,33). The minimum Gasteiger partial charge on any atom is -0.354 e. The first-order valence-corrected chi connectivity index (χ1v) is 12.1. The monoisotopic (exact) mass is 510 g/mol. The summed E-state index contributed by atoms with van der Waals surface area (Å²) >= 11 is 0. The second kappa shape index (κ2) is 11.7. The molecule has 1 aromatic heterocycles. The second-order valence-corrected chi connectivity index (χ2v) is 11.8. The average Bonchev–Trinajstić information content (AvgIpc) is 2.72. The lowest BCUT2D eigenvalue weighted by Crippen LogP contribution is -2.57. The number of amides is 3. The van der Waals surface area contributed by atoms with E-state index in [-0.39, 0.29) is 57.0 Å². The lowest BCUT2D eigenvalue weighted by Gasteiger charge is -2.20. The number of nitrogens with zero attached hydrogens (tertiary/aromatic N) is 3. The highest BCUT2D eigenvalue weighted by Crippen LogP contribution is 2.13. The van der Waals surface area contributed by atoms with Gasteiger partial charge in [0, 0.05) is 55.5 Å². The Kier molecular flexibility index (Phi) is 10.0. The molecule has 0 atom stereocenters. The van der Waals surface area contributed by atoms with E-state index < -0.39 is 33.3 Å². The van der Waals surface area contributed by atoms with Crippen LogP contribution >= 0.6 is 0 Å². The van der Waals surface area contributed by atoms with E-state index in [0.717, 1.165) is 13.7 Å². The lowest BCUT2D eigenvalue weighted by molar-refractivity contribution is -0.129. The third-order valence-electron chi connectivity index (χ3n) is 5.29. The predicted molar refractivity (Wildman–Crippen MR) is 137 cm³/mol. The first kappa shape index (κ1) is 30.9. The van der Waals surface area contributed by atoms with Crippen molar-refractivity contribution in [3.8, 4) is 0 Å². The summed E-state index contributed by atoms with van der Waals surface area (Å²) in [6.07, 6.45) is 0. The Bertz CT molecular complexity index is 965. The molecule has 0 saturated carbocycles. The van der Waals surface area contributed by atoms with Crippen LogP contribution in [0.3, 0.4) is 0 Å². The number of hydrogen-bond acceptors (Lipinski definition) is 6. The number of hydrogen-bond donors (Lipinski definition) is 3. The molecule has 3 N–H and O–H groups in total. The molecule has 0 unspecified atom stereocenters. The number of carbonyl (C=O) groups excluding carboxylic acids is 3. The number of nitrogens with one attached hydrogen (secondary N) is 3. The van der Waals surface area contributed by atoms with Crippen molar-refractivity contribution in [3.63, 3.8) is 0 Å². The zero-order chi connectivity index (χ0) is 28.1. The van der Waals surface area contributed by atoms with Crippen molar-refractivity contribution in [1.29, 1.82) is 0 Å². The van der Waals surface area contributed by atoms with Gasteiger partial charge in [-0.1, -0.05) is 62.3 Å². The SMILES string of the molecule is CC(C)(C)C(=O)NCCn1c(=O)n(CCNC(=O)C(C)(C)C)c(=O)n(CCNC(=O)C(C)(C)C)c1=O. The fraction of sp³-hybridized carbons (Fsp3) is 0.750. The molecule has 0 aliphatic heterocycles. The maximum atomic E-state index is 13.0. The molecule has 1 rings (SSSR count). The van der Waals surface area contributed by atoms with E-state index in [1.165, 1.54) is 0 Å². The fourth-order valence-electron chi connectivity index (χ4n) is 2.90. The van der Waals surface area contributed by atoms with Crippen molar-refractivity contribution < 1.29 is 14.4 Å². The molecule has 0 fully saturated rings. The van der Waals surface area contributed by atoms with Gasteiger partial charge in [0.2, 0.25) is 17.7 Å². The summed E-state index contributed by atoms with van der Waals surface area (Å²) in [4.78, 5) is 75.6. The Balaban J connectivity index is 3.27. The van der Waals surface area contributed by atoms with Crippen LogP contribution in [0.4, 0.5) is 0 Å². The summed E-state index contributed by atoms with van der Waals surface area (Å²) in [7, 11) is 0. The highest BCUT2D eigenvalue weighted by Gasteiger charge is 2.23. The number of aromatic nitrogens is 3. The minimum atomic E-state index is -0.838. The van der Waals surface area contributed by atoms with Gasteiger partial charge in [0.15, 0.2) is 0 Å². The molecule has 36 heavy (non-hydrogen) atoms. The lowest BCUT2D eigenvalue weighted by atomic mass is 9.96. The normalized spacial score (nSPS) is 12.2. The topological polar surface area (TPSA) is 153 Å². The molecule has 0 radical (unpaired) electrons. The molecular weight excluding hydrogens is 468 g/mol. The first-order valence-electron chi connectivity index (χ1n) is 12.1. The zero-order valence-electron chi connectivity index (χ0n) is 23.0. The van der Waals surface area contributed by atoms with E-state index in [1.54, 1.807) is 62.3 Å². The fourth-order valence-corrected chi connectivity index (χ4v) is 2.90. The van der Waals surface area contributed by atoms with Gasteiger partial charge >= 0.3 is 17.1 Å². The molecular formula is C24H42N6O6. The predicted octanol–water partition coefficient (Wildman–Crippen LogP) is -0.341. The maximum absolute atomic E-state index is 13.0. The van der Waals surface area contributed by atoms with Crippen molar-refractivity contribution in [2.75, 3.05) is 19.6 Å². The van der Waals surface area contributed by atoms with Crippen LogP contribution in [0.15, 0.2) is 14.4 Å². The number of carbonyl (C=O) groups is 3. The second-order valence-electron chi connectivity index (χ2n) is 11.8. The Morgan fingerprint density at radius 1 is 0.500 bits per heavy atom. The van der Waals surface area contributed by atoms with Gasteiger partial charge < -0.3 is 16.0 Å². The molecule has 0 aromatic carbocycles. The van der Waals surface area contributed by atoms with E-state index in [0.29, 0.717) is 0 Å². The average molecular weight is 511 g/mol. The smallest absolute Gasteiger partial charge is 0.336 e. The molecule has 0 bridgehead atoms. The minimum absolute atomic E-state index is 0.00493. The van der Waals surface area contributed by atoms with Gasteiger partial charge in [0.1, 0.15) is 0 Å². The van der Waals surface area contributed by atoms with Crippen LogP contribution in [-0.4, -0.2) is 51.1 Å². The molecule has 3 amide bonds. The van der Waals surface area contributed by atoms with Crippen molar-refractivity contribution in [1.82, 2.24) is 29.7 Å². The molecule has 1 aromatic rings. The van der Waals surface area contributed by atoms with Gasteiger partial charge in [0.05, 0.1) is 0 Å². The number of rotatable bonds is 9. The Hall–Kier alpha value is -3.18. The molecule has 0 aliphatic rings. The van der Waals surface area contributed by atoms with E-state index in [2.05, 4.69) is 16.0 Å². The van der Waals surface area contributed by atoms with E-state index >= 15 is 0 Å².